The average molecular weight is 358 g/mol. The van der Waals surface area contributed by atoms with E-state index in [1.165, 1.54) is 0 Å². The van der Waals surface area contributed by atoms with E-state index >= 15 is 0 Å². The van der Waals surface area contributed by atoms with Gasteiger partial charge in [-0.1, -0.05) is 6.92 Å². The summed E-state index contributed by atoms with van der Waals surface area (Å²) in [5.41, 5.74) is 1.29. The maximum Gasteiger partial charge on any atom is 0.257 e. The largest absolute Gasteiger partial charge is 0.494 e. The predicted octanol–water partition coefficient (Wildman–Crippen LogP) is 4.00. The van der Waals surface area contributed by atoms with Crippen molar-refractivity contribution in [3.05, 3.63) is 54.1 Å². The molecule has 2 aromatic carbocycles. The van der Waals surface area contributed by atoms with Crippen LogP contribution >= 0.6 is 12.2 Å². The molecule has 0 atom stereocenters. The number of carbonyl (C=O) groups is 1. The average Bonchev–Trinajstić information content (AvgIpc) is 2.62. The van der Waals surface area contributed by atoms with Crippen LogP contribution in [0.4, 0.5) is 5.69 Å². The summed E-state index contributed by atoms with van der Waals surface area (Å²) >= 11 is 5.18. The van der Waals surface area contributed by atoms with Gasteiger partial charge in [-0.3, -0.25) is 10.1 Å². The van der Waals surface area contributed by atoms with Crippen LogP contribution in [-0.4, -0.2) is 24.2 Å². The van der Waals surface area contributed by atoms with Crippen LogP contribution in [0.3, 0.4) is 0 Å². The van der Waals surface area contributed by atoms with Gasteiger partial charge >= 0.3 is 0 Å². The number of nitrogens with one attached hydrogen (secondary N) is 2. The second kappa shape index (κ2) is 9.64. The van der Waals surface area contributed by atoms with Crippen LogP contribution in [0.5, 0.6) is 11.5 Å². The van der Waals surface area contributed by atoms with Crippen molar-refractivity contribution in [1.29, 1.82) is 0 Å². The molecule has 0 aliphatic heterocycles. The van der Waals surface area contributed by atoms with E-state index in [9.17, 15) is 4.79 Å². The van der Waals surface area contributed by atoms with Gasteiger partial charge in [0.15, 0.2) is 5.11 Å². The van der Waals surface area contributed by atoms with E-state index in [0.29, 0.717) is 18.8 Å². The quantitative estimate of drug-likeness (QED) is 0.733. The number of hydrogen-bond donors (Lipinski definition) is 2. The van der Waals surface area contributed by atoms with E-state index in [4.69, 9.17) is 21.7 Å². The zero-order chi connectivity index (χ0) is 18.1. The molecule has 0 unspecified atom stereocenters. The fourth-order valence-electron chi connectivity index (χ4n) is 2.06. The van der Waals surface area contributed by atoms with Crippen molar-refractivity contribution in [2.45, 2.75) is 20.3 Å². The number of benzene rings is 2. The maximum absolute atomic E-state index is 12.2. The SMILES string of the molecule is CCCOc1ccc(C(=O)NC(=S)Nc2ccc(OCC)cc2)cc1. The van der Waals surface area contributed by atoms with Crippen molar-refractivity contribution in [1.82, 2.24) is 5.32 Å². The number of hydrogen-bond acceptors (Lipinski definition) is 4. The molecule has 0 spiro atoms. The molecule has 0 aromatic heterocycles. The Morgan fingerprint density at radius 2 is 1.56 bits per heavy atom. The number of anilines is 1. The first-order valence-electron chi connectivity index (χ1n) is 8.20. The number of thiocarbonyl (C=S) groups is 1. The van der Waals surface area contributed by atoms with Gasteiger partial charge in [-0.05, 0) is 74.1 Å². The Kier molecular flexibility index (Phi) is 7.22. The highest BCUT2D eigenvalue weighted by Crippen LogP contribution is 2.16. The molecule has 0 radical (unpaired) electrons. The Hall–Kier alpha value is -2.60. The van der Waals surface area contributed by atoms with Gasteiger partial charge in [0.05, 0.1) is 13.2 Å². The van der Waals surface area contributed by atoms with Crippen molar-refractivity contribution < 1.29 is 14.3 Å². The summed E-state index contributed by atoms with van der Waals surface area (Å²) in [4.78, 5) is 12.2. The molecular weight excluding hydrogens is 336 g/mol. The minimum atomic E-state index is -0.273. The summed E-state index contributed by atoms with van der Waals surface area (Å²) in [6, 6.07) is 14.3. The van der Waals surface area contributed by atoms with Crippen LogP contribution in [0, 0.1) is 0 Å². The normalized spacial score (nSPS) is 10.0. The van der Waals surface area contributed by atoms with Gasteiger partial charge < -0.3 is 14.8 Å². The molecule has 0 aliphatic carbocycles. The minimum Gasteiger partial charge on any atom is -0.494 e. The van der Waals surface area contributed by atoms with E-state index < -0.39 is 0 Å². The Labute approximate surface area is 153 Å². The number of ether oxygens (including phenoxy) is 2. The molecule has 132 valence electrons. The molecule has 2 aromatic rings. The highest BCUT2D eigenvalue weighted by atomic mass is 32.1. The van der Waals surface area contributed by atoms with E-state index in [-0.39, 0.29) is 11.0 Å². The fraction of sp³-hybridized carbons (Fsp3) is 0.263. The van der Waals surface area contributed by atoms with Gasteiger partial charge in [0.25, 0.3) is 5.91 Å². The summed E-state index contributed by atoms with van der Waals surface area (Å²) in [5.74, 6) is 1.26. The van der Waals surface area contributed by atoms with E-state index in [2.05, 4.69) is 10.6 Å². The maximum atomic E-state index is 12.2. The van der Waals surface area contributed by atoms with Crippen LogP contribution in [0.15, 0.2) is 48.5 Å². The second-order valence-corrected chi connectivity index (χ2v) is 5.65. The molecule has 0 bridgehead atoms. The van der Waals surface area contributed by atoms with Crippen LogP contribution in [0.1, 0.15) is 30.6 Å². The van der Waals surface area contributed by atoms with Crippen LogP contribution in [0.2, 0.25) is 0 Å². The fourth-order valence-corrected chi connectivity index (χ4v) is 2.27. The Morgan fingerprint density at radius 1 is 0.960 bits per heavy atom. The smallest absolute Gasteiger partial charge is 0.257 e. The third-order valence-corrected chi connectivity index (χ3v) is 3.44. The van der Waals surface area contributed by atoms with Crippen LogP contribution in [0.25, 0.3) is 0 Å². The standard InChI is InChI=1S/C19H22N2O3S/c1-3-13-24-17-9-5-14(6-10-17)18(22)21-19(25)20-15-7-11-16(12-8-15)23-4-2/h5-12H,3-4,13H2,1-2H3,(H2,20,21,22,25). The van der Waals surface area contributed by atoms with Gasteiger partial charge in [0.1, 0.15) is 11.5 Å². The molecule has 0 aliphatic rings. The van der Waals surface area contributed by atoms with Gasteiger partial charge in [-0.15, -0.1) is 0 Å². The Morgan fingerprint density at radius 3 is 2.16 bits per heavy atom. The van der Waals surface area contributed by atoms with E-state index in [1.54, 1.807) is 24.3 Å². The van der Waals surface area contributed by atoms with E-state index in [0.717, 1.165) is 23.6 Å². The molecule has 0 fully saturated rings. The lowest BCUT2D eigenvalue weighted by Gasteiger charge is -2.11. The first-order chi connectivity index (χ1) is 12.1. The zero-order valence-electron chi connectivity index (χ0n) is 14.4. The summed E-state index contributed by atoms with van der Waals surface area (Å²) in [5, 5.41) is 5.86. The first-order valence-corrected chi connectivity index (χ1v) is 8.61. The highest BCUT2D eigenvalue weighted by molar-refractivity contribution is 7.80. The molecule has 0 heterocycles. The lowest BCUT2D eigenvalue weighted by Crippen LogP contribution is -2.34. The van der Waals surface area contributed by atoms with Gasteiger partial charge in [0, 0.05) is 11.3 Å². The number of rotatable bonds is 7. The third-order valence-electron chi connectivity index (χ3n) is 3.24. The first kappa shape index (κ1) is 18.7. The van der Waals surface area contributed by atoms with Crippen molar-refractivity contribution in [3.63, 3.8) is 0 Å². The summed E-state index contributed by atoms with van der Waals surface area (Å²) in [6.45, 7) is 5.24. The van der Waals surface area contributed by atoms with Gasteiger partial charge in [-0.2, -0.15) is 0 Å². The predicted molar refractivity (Wildman–Crippen MR) is 104 cm³/mol. The lowest BCUT2D eigenvalue weighted by molar-refractivity contribution is 0.0977. The van der Waals surface area contributed by atoms with Gasteiger partial charge in [0.2, 0.25) is 0 Å². The molecule has 6 heteroatoms. The summed E-state index contributed by atoms with van der Waals surface area (Å²) in [7, 11) is 0. The molecular formula is C19H22N2O3S. The monoisotopic (exact) mass is 358 g/mol. The van der Waals surface area contributed by atoms with Crippen molar-refractivity contribution >= 4 is 28.9 Å². The molecule has 2 rings (SSSR count). The number of carbonyl (C=O) groups excluding carboxylic acids is 1. The van der Waals surface area contributed by atoms with Crippen molar-refractivity contribution in [2.75, 3.05) is 18.5 Å². The minimum absolute atomic E-state index is 0.237. The molecule has 0 saturated heterocycles. The van der Waals surface area contributed by atoms with Crippen molar-refractivity contribution in [2.24, 2.45) is 0 Å². The molecule has 25 heavy (non-hydrogen) atoms. The molecule has 1 amide bonds. The molecule has 0 saturated carbocycles. The van der Waals surface area contributed by atoms with Gasteiger partial charge in [-0.25, -0.2) is 0 Å². The summed E-state index contributed by atoms with van der Waals surface area (Å²) < 4.78 is 10.9. The Balaban J connectivity index is 1.87. The summed E-state index contributed by atoms with van der Waals surface area (Å²) in [6.07, 6.45) is 0.938. The van der Waals surface area contributed by atoms with Crippen molar-refractivity contribution in [3.8, 4) is 11.5 Å². The third kappa shape index (κ3) is 6.08. The number of amides is 1. The van der Waals surface area contributed by atoms with Crippen LogP contribution in [-0.2, 0) is 0 Å². The molecule has 5 nitrogen and oxygen atoms in total. The van der Waals surface area contributed by atoms with Crippen LogP contribution < -0.4 is 20.1 Å². The molecule has 2 N–H and O–H groups in total. The highest BCUT2D eigenvalue weighted by Gasteiger charge is 2.08. The lowest BCUT2D eigenvalue weighted by atomic mass is 10.2. The topological polar surface area (TPSA) is 59.6 Å². The van der Waals surface area contributed by atoms with E-state index in [1.807, 2.05) is 38.1 Å². The zero-order valence-corrected chi connectivity index (χ0v) is 15.2. The Bertz CT molecular complexity index is 700. The second-order valence-electron chi connectivity index (χ2n) is 5.24.